The van der Waals surface area contributed by atoms with Gasteiger partial charge in [0.25, 0.3) is 0 Å². The quantitative estimate of drug-likeness (QED) is 0.451. The molecule has 84 valence electrons. The third-order valence-corrected chi connectivity index (χ3v) is 2.20. The highest BCUT2D eigenvalue weighted by atomic mass is 16.5. The molecule has 15 heavy (non-hydrogen) atoms. The van der Waals surface area contributed by atoms with E-state index >= 15 is 0 Å². The fourth-order valence-electron chi connectivity index (χ4n) is 1.43. The summed E-state index contributed by atoms with van der Waals surface area (Å²) < 4.78 is 5.66. The SMILES string of the molecule is CC(C)(C)c1ccccc1OCCNN. The average molecular weight is 208 g/mol. The Kier molecular flexibility index (Phi) is 4.12. The highest BCUT2D eigenvalue weighted by molar-refractivity contribution is 5.38. The predicted molar refractivity (Wildman–Crippen MR) is 62.8 cm³/mol. The summed E-state index contributed by atoms with van der Waals surface area (Å²) in [5, 5.41) is 0. The number of hydrogen-bond acceptors (Lipinski definition) is 3. The topological polar surface area (TPSA) is 47.3 Å². The minimum atomic E-state index is 0.104. The van der Waals surface area contributed by atoms with Crippen LogP contribution >= 0.6 is 0 Å². The van der Waals surface area contributed by atoms with E-state index in [2.05, 4.69) is 32.3 Å². The van der Waals surface area contributed by atoms with E-state index in [4.69, 9.17) is 10.6 Å². The van der Waals surface area contributed by atoms with Crippen molar-refractivity contribution in [3.63, 3.8) is 0 Å². The number of rotatable bonds is 4. The molecule has 1 aromatic carbocycles. The van der Waals surface area contributed by atoms with Crippen LogP contribution in [0.4, 0.5) is 0 Å². The zero-order valence-corrected chi connectivity index (χ0v) is 9.71. The highest BCUT2D eigenvalue weighted by Crippen LogP contribution is 2.30. The number of para-hydroxylation sites is 1. The standard InChI is InChI=1S/C12H20N2O/c1-12(2,3)10-6-4-5-7-11(10)15-9-8-14-13/h4-7,14H,8-9,13H2,1-3H3. The van der Waals surface area contributed by atoms with Crippen LogP contribution in [0.25, 0.3) is 0 Å². The molecule has 0 radical (unpaired) electrons. The molecule has 0 saturated heterocycles. The summed E-state index contributed by atoms with van der Waals surface area (Å²) in [6.45, 7) is 7.77. The minimum absolute atomic E-state index is 0.104. The van der Waals surface area contributed by atoms with Crippen molar-refractivity contribution in [2.24, 2.45) is 5.84 Å². The monoisotopic (exact) mass is 208 g/mol. The van der Waals surface area contributed by atoms with Gasteiger partial charge in [0.15, 0.2) is 0 Å². The Morgan fingerprint density at radius 2 is 1.93 bits per heavy atom. The Balaban J connectivity index is 2.78. The molecular formula is C12H20N2O. The molecule has 0 spiro atoms. The van der Waals surface area contributed by atoms with Gasteiger partial charge in [0.2, 0.25) is 0 Å². The van der Waals surface area contributed by atoms with Gasteiger partial charge in [0.1, 0.15) is 12.4 Å². The Morgan fingerprint density at radius 3 is 2.53 bits per heavy atom. The number of ether oxygens (including phenoxy) is 1. The van der Waals surface area contributed by atoms with Crippen LogP contribution in [-0.4, -0.2) is 13.2 Å². The summed E-state index contributed by atoms with van der Waals surface area (Å²) in [4.78, 5) is 0. The number of hydrazine groups is 1. The molecule has 0 unspecified atom stereocenters. The van der Waals surface area contributed by atoms with E-state index < -0.39 is 0 Å². The highest BCUT2D eigenvalue weighted by Gasteiger charge is 2.17. The first-order valence-electron chi connectivity index (χ1n) is 5.21. The summed E-state index contributed by atoms with van der Waals surface area (Å²) >= 11 is 0. The number of nitrogens with one attached hydrogen (secondary N) is 1. The lowest BCUT2D eigenvalue weighted by molar-refractivity contribution is 0.306. The summed E-state index contributed by atoms with van der Waals surface area (Å²) in [5.74, 6) is 6.13. The van der Waals surface area contributed by atoms with E-state index in [1.807, 2.05) is 18.2 Å². The van der Waals surface area contributed by atoms with Crippen molar-refractivity contribution >= 4 is 0 Å². The van der Waals surface area contributed by atoms with E-state index in [1.54, 1.807) is 0 Å². The lowest BCUT2D eigenvalue weighted by Crippen LogP contribution is -2.27. The van der Waals surface area contributed by atoms with Gasteiger partial charge in [-0.1, -0.05) is 39.0 Å². The molecule has 3 nitrogen and oxygen atoms in total. The van der Waals surface area contributed by atoms with Crippen LogP contribution in [0.15, 0.2) is 24.3 Å². The number of nitrogens with two attached hydrogens (primary N) is 1. The summed E-state index contributed by atoms with van der Waals surface area (Å²) in [7, 11) is 0. The average Bonchev–Trinajstić information content (AvgIpc) is 2.17. The van der Waals surface area contributed by atoms with E-state index in [9.17, 15) is 0 Å². The second-order valence-electron chi connectivity index (χ2n) is 4.55. The van der Waals surface area contributed by atoms with Crippen molar-refractivity contribution in [3.8, 4) is 5.75 Å². The van der Waals surface area contributed by atoms with Gasteiger partial charge in [-0.3, -0.25) is 11.3 Å². The Bertz CT molecular complexity index is 305. The van der Waals surface area contributed by atoms with Crippen molar-refractivity contribution < 1.29 is 4.74 Å². The maximum atomic E-state index is 5.66. The molecular weight excluding hydrogens is 188 g/mol. The molecule has 3 N–H and O–H groups in total. The smallest absolute Gasteiger partial charge is 0.123 e. The van der Waals surface area contributed by atoms with E-state index in [-0.39, 0.29) is 5.41 Å². The van der Waals surface area contributed by atoms with Crippen LogP contribution in [0, 0.1) is 0 Å². The first kappa shape index (κ1) is 12.0. The normalized spacial score (nSPS) is 11.5. The van der Waals surface area contributed by atoms with Crippen LogP contribution in [0.3, 0.4) is 0 Å². The van der Waals surface area contributed by atoms with Crippen molar-refractivity contribution in [2.45, 2.75) is 26.2 Å². The zero-order valence-electron chi connectivity index (χ0n) is 9.71. The van der Waals surface area contributed by atoms with Crippen molar-refractivity contribution in [2.75, 3.05) is 13.2 Å². The Labute approximate surface area is 91.6 Å². The molecule has 0 heterocycles. The first-order valence-corrected chi connectivity index (χ1v) is 5.21. The molecule has 0 aliphatic rings. The summed E-state index contributed by atoms with van der Waals surface area (Å²) in [6.07, 6.45) is 0. The van der Waals surface area contributed by atoms with Gasteiger partial charge in [0, 0.05) is 6.54 Å². The van der Waals surface area contributed by atoms with Gasteiger partial charge < -0.3 is 4.74 Å². The second-order valence-corrected chi connectivity index (χ2v) is 4.55. The number of benzene rings is 1. The largest absolute Gasteiger partial charge is 0.492 e. The lowest BCUT2D eigenvalue weighted by atomic mass is 9.86. The lowest BCUT2D eigenvalue weighted by Gasteiger charge is -2.22. The fraction of sp³-hybridized carbons (Fsp3) is 0.500. The van der Waals surface area contributed by atoms with Gasteiger partial charge in [-0.2, -0.15) is 0 Å². The first-order chi connectivity index (χ1) is 7.05. The molecule has 0 aliphatic heterocycles. The van der Waals surface area contributed by atoms with Gasteiger partial charge in [0.05, 0.1) is 0 Å². The van der Waals surface area contributed by atoms with Gasteiger partial charge in [-0.15, -0.1) is 0 Å². The van der Waals surface area contributed by atoms with Crippen molar-refractivity contribution in [1.82, 2.24) is 5.43 Å². The van der Waals surface area contributed by atoms with Crippen molar-refractivity contribution in [3.05, 3.63) is 29.8 Å². The molecule has 1 aromatic rings. The summed E-state index contributed by atoms with van der Waals surface area (Å²) in [5.41, 5.74) is 3.90. The maximum absolute atomic E-state index is 5.66. The van der Waals surface area contributed by atoms with Crippen LogP contribution in [-0.2, 0) is 5.41 Å². The van der Waals surface area contributed by atoms with Crippen LogP contribution in [0.5, 0.6) is 5.75 Å². The molecule has 0 fully saturated rings. The molecule has 1 rings (SSSR count). The van der Waals surface area contributed by atoms with E-state index in [0.29, 0.717) is 13.2 Å². The third-order valence-electron chi connectivity index (χ3n) is 2.20. The number of hydrogen-bond donors (Lipinski definition) is 2. The molecule has 3 heteroatoms. The van der Waals surface area contributed by atoms with Gasteiger partial charge in [-0.05, 0) is 17.0 Å². The second kappa shape index (κ2) is 5.14. The molecule has 0 aliphatic carbocycles. The van der Waals surface area contributed by atoms with E-state index in [0.717, 1.165) is 5.75 Å². The maximum Gasteiger partial charge on any atom is 0.123 e. The third kappa shape index (κ3) is 3.53. The molecule has 0 bridgehead atoms. The zero-order chi connectivity index (χ0) is 11.3. The van der Waals surface area contributed by atoms with E-state index in [1.165, 1.54) is 5.56 Å². The Morgan fingerprint density at radius 1 is 1.27 bits per heavy atom. The van der Waals surface area contributed by atoms with Crippen molar-refractivity contribution in [1.29, 1.82) is 0 Å². The molecule has 0 saturated carbocycles. The minimum Gasteiger partial charge on any atom is -0.492 e. The molecule has 0 amide bonds. The van der Waals surface area contributed by atoms with Gasteiger partial charge in [-0.25, -0.2) is 0 Å². The summed E-state index contributed by atoms with van der Waals surface area (Å²) in [6, 6.07) is 8.12. The fourth-order valence-corrected chi connectivity index (χ4v) is 1.43. The Hall–Kier alpha value is -1.06. The van der Waals surface area contributed by atoms with Crippen LogP contribution < -0.4 is 16.0 Å². The van der Waals surface area contributed by atoms with Crippen LogP contribution in [0.2, 0.25) is 0 Å². The van der Waals surface area contributed by atoms with Gasteiger partial charge >= 0.3 is 0 Å². The molecule has 0 atom stereocenters. The van der Waals surface area contributed by atoms with Crippen LogP contribution in [0.1, 0.15) is 26.3 Å². The predicted octanol–water partition coefficient (Wildman–Crippen LogP) is 1.83. The molecule has 0 aromatic heterocycles.